The molecule has 0 saturated heterocycles. The van der Waals surface area contributed by atoms with Crippen LogP contribution in [-0.4, -0.2) is 12.1 Å². The first kappa shape index (κ1) is 11.5. The summed E-state index contributed by atoms with van der Waals surface area (Å²) in [6, 6.07) is 6.47. The molecule has 0 bridgehead atoms. The molecule has 0 radical (unpaired) electrons. The Balaban J connectivity index is 2.27. The second-order valence-corrected chi connectivity index (χ2v) is 5.16. The summed E-state index contributed by atoms with van der Waals surface area (Å²) in [5, 5.41) is 0. The molecule has 0 atom stereocenters. The molecule has 0 fully saturated rings. The van der Waals surface area contributed by atoms with E-state index in [1.54, 1.807) is 0 Å². The molecule has 1 aliphatic heterocycles. The Morgan fingerprint density at radius 3 is 2.94 bits per heavy atom. The van der Waals surface area contributed by atoms with E-state index in [4.69, 9.17) is 10.5 Å². The van der Waals surface area contributed by atoms with Crippen molar-refractivity contribution >= 4 is 0 Å². The minimum atomic E-state index is -0.0220. The minimum absolute atomic E-state index is 0.0220. The molecule has 16 heavy (non-hydrogen) atoms. The van der Waals surface area contributed by atoms with E-state index >= 15 is 0 Å². The molecule has 2 N–H and O–H groups in total. The third kappa shape index (κ3) is 2.38. The highest BCUT2D eigenvalue weighted by molar-refractivity contribution is 5.43. The third-order valence-corrected chi connectivity index (χ3v) is 3.20. The lowest BCUT2D eigenvalue weighted by atomic mass is 9.92. The third-order valence-electron chi connectivity index (χ3n) is 3.20. The molecule has 88 valence electrons. The van der Waals surface area contributed by atoms with Gasteiger partial charge < -0.3 is 10.5 Å². The van der Waals surface area contributed by atoms with E-state index in [0.29, 0.717) is 0 Å². The zero-order valence-corrected chi connectivity index (χ0v) is 10.3. The first-order valence-electron chi connectivity index (χ1n) is 6.12. The lowest BCUT2D eigenvalue weighted by Gasteiger charge is -2.34. The zero-order chi connectivity index (χ0) is 11.6. The summed E-state index contributed by atoms with van der Waals surface area (Å²) in [7, 11) is 0. The van der Waals surface area contributed by atoms with Gasteiger partial charge in [-0.15, -0.1) is 0 Å². The number of aryl methyl sites for hydroxylation is 2. The van der Waals surface area contributed by atoms with Gasteiger partial charge >= 0.3 is 0 Å². The van der Waals surface area contributed by atoms with E-state index in [0.717, 1.165) is 38.0 Å². The van der Waals surface area contributed by atoms with Crippen LogP contribution in [0, 0.1) is 0 Å². The van der Waals surface area contributed by atoms with Crippen molar-refractivity contribution in [1.29, 1.82) is 0 Å². The minimum Gasteiger partial charge on any atom is -0.487 e. The highest BCUT2D eigenvalue weighted by Crippen LogP contribution is 2.36. The topological polar surface area (TPSA) is 35.2 Å². The van der Waals surface area contributed by atoms with Gasteiger partial charge in [-0.2, -0.15) is 0 Å². The lowest BCUT2D eigenvalue weighted by Crippen LogP contribution is -2.33. The van der Waals surface area contributed by atoms with Crippen molar-refractivity contribution in [2.45, 2.75) is 45.1 Å². The predicted octanol–water partition coefficient (Wildman–Crippen LogP) is 2.68. The van der Waals surface area contributed by atoms with E-state index in [1.165, 1.54) is 11.1 Å². The first-order valence-corrected chi connectivity index (χ1v) is 6.12. The van der Waals surface area contributed by atoms with E-state index in [9.17, 15) is 0 Å². The SMILES string of the molecule is CC1(C)CCc2cccc(CCCN)c2O1. The summed E-state index contributed by atoms with van der Waals surface area (Å²) in [4.78, 5) is 0. The summed E-state index contributed by atoms with van der Waals surface area (Å²) in [5.74, 6) is 1.12. The fraction of sp³-hybridized carbons (Fsp3) is 0.571. The second-order valence-electron chi connectivity index (χ2n) is 5.16. The highest BCUT2D eigenvalue weighted by atomic mass is 16.5. The Kier molecular flexibility index (Phi) is 3.20. The van der Waals surface area contributed by atoms with Gasteiger partial charge in [0.05, 0.1) is 0 Å². The monoisotopic (exact) mass is 219 g/mol. The summed E-state index contributed by atoms with van der Waals surface area (Å²) in [6.07, 6.45) is 4.27. The van der Waals surface area contributed by atoms with Gasteiger partial charge in [-0.05, 0) is 57.2 Å². The van der Waals surface area contributed by atoms with Gasteiger partial charge in [0.2, 0.25) is 0 Å². The van der Waals surface area contributed by atoms with Gasteiger partial charge in [-0.3, -0.25) is 0 Å². The molecule has 0 spiro atoms. The van der Waals surface area contributed by atoms with Gasteiger partial charge in [0, 0.05) is 0 Å². The Morgan fingerprint density at radius 1 is 1.38 bits per heavy atom. The maximum atomic E-state index is 6.11. The van der Waals surface area contributed by atoms with Crippen LogP contribution in [0.25, 0.3) is 0 Å². The first-order chi connectivity index (χ1) is 7.62. The van der Waals surface area contributed by atoms with Crippen molar-refractivity contribution < 1.29 is 4.74 Å². The summed E-state index contributed by atoms with van der Waals surface area (Å²) in [6.45, 7) is 5.07. The van der Waals surface area contributed by atoms with E-state index in [1.807, 2.05) is 0 Å². The number of benzene rings is 1. The van der Waals surface area contributed by atoms with Gasteiger partial charge in [-0.25, -0.2) is 0 Å². The Labute approximate surface area is 97.8 Å². The van der Waals surface area contributed by atoms with Gasteiger partial charge in [0.15, 0.2) is 0 Å². The number of ether oxygens (including phenoxy) is 1. The Hall–Kier alpha value is -1.02. The van der Waals surface area contributed by atoms with Crippen molar-refractivity contribution in [2.75, 3.05) is 6.54 Å². The highest BCUT2D eigenvalue weighted by Gasteiger charge is 2.27. The molecule has 0 aliphatic carbocycles. The Morgan fingerprint density at radius 2 is 2.19 bits per heavy atom. The fourth-order valence-corrected chi connectivity index (χ4v) is 2.22. The smallest absolute Gasteiger partial charge is 0.126 e. The summed E-state index contributed by atoms with van der Waals surface area (Å²) < 4.78 is 6.11. The van der Waals surface area contributed by atoms with Gasteiger partial charge in [-0.1, -0.05) is 18.2 Å². The maximum Gasteiger partial charge on any atom is 0.126 e. The largest absolute Gasteiger partial charge is 0.487 e. The average molecular weight is 219 g/mol. The fourth-order valence-electron chi connectivity index (χ4n) is 2.22. The van der Waals surface area contributed by atoms with Gasteiger partial charge in [0.1, 0.15) is 11.4 Å². The van der Waals surface area contributed by atoms with Crippen LogP contribution >= 0.6 is 0 Å². The molecule has 0 unspecified atom stereocenters. The molecule has 0 aromatic heterocycles. The normalized spacial score (nSPS) is 17.7. The standard InChI is InChI=1S/C14H21NO/c1-14(2)9-8-12-6-3-5-11(7-4-10-15)13(12)16-14/h3,5-6H,4,7-10,15H2,1-2H3. The predicted molar refractivity (Wildman–Crippen MR) is 66.8 cm³/mol. The summed E-state index contributed by atoms with van der Waals surface area (Å²) in [5.41, 5.74) is 8.21. The molecular formula is C14H21NO. The van der Waals surface area contributed by atoms with Crippen LogP contribution in [-0.2, 0) is 12.8 Å². The molecule has 2 heteroatoms. The lowest BCUT2D eigenvalue weighted by molar-refractivity contribution is 0.0833. The molecule has 1 heterocycles. The molecule has 1 aromatic carbocycles. The average Bonchev–Trinajstić information content (AvgIpc) is 2.25. The zero-order valence-electron chi connectivity index (χ0n) is 10.3. The van der Waals surface area contributed by atoms with Gasteiger partial charge in [0.25, 0.3) is 0 Å². The van der Waals surface area contributed by atoms with Crippen molar-refractivity contribution in [2.24, 2.45) is 5.73 Å². The van der Waals surface area contributed by atoms with Crippen LogP contribution in [0.1, 0.15) is 37.8 Å². The number of nitrogens with two attached hydrogens (primary N) is 1. The number of rotatable bonds is 3. The molecular weight excluding hydrogens is 198 g/mol. The van der Waals surface area contributed by atoms with Crippen molar-refractivity contribution in [3.05, 3.63) is 29.3 Å². The van der Waals surface area contributed by atoms with Crippen LogP contribution in [0.3, 0.4) is 0 Å². The molecule has 0 saturated carbocycles. The van der Waals surface area contributed by atoms with Crippen molar-refractivity contribution in [3.8, 4) is 5.75 Å². The quantitative estimate of drug-likeness (QED) is 0.848. The summed E-state index contributed by atoms with van der Waals surface area (Å²) >= 11 is 0. The van der Waals surface area contributed by atoms with Crippen molar-refractivity contribution in [1.82, 2.24) is 0 Å². The van der Waals surface area contributed by atoms with Crippen LogP contribution in [0.2, 0.25) is 0 Å². The van der Waals surface area contributed by atoms with Crippen LogP contribution in [0.5, 0.6) is 5.75 Å². The number of fused-ring (bicyclic) bond motifs is 1. The number of hydrogen-bond donors (Lipinski definition) is 1. The second kappa shape index (κ2) is 4.46. The van der Waals surface area contributed by atoms with E-state index in [-0.39, 0.29) is 5.60 Å². The Bertz CT molecular complexity index is 371. The van der Waals surface area contributed by atoms with Crippen molar-refractivity contribution in [3.63, 3.8) is 0 Å². The molecule has 0 amide bonds. The molecule has 2 rings (SSSR count). The molecule has 2 nitrogen and oxygen atoms in total. The van der Waals surface area contributed by atoms with Crippen LogP contribution in [0.4, 0.5) is 0 Å². The van der Waals surface area contributed by atoms with Crippen LogP contribution < -0.4 is 10.5 Å². The van der Waals surface area contributed by atoms with E-state index < -0.39 is 0 Å². The maximum absolute atomic E-state index is 6.11. The molecule has 1 aliphatic rings. The number of para-hydroxylation sites is 1. The van der Waals surface area contributed by atoms with Crippen LogP contribution in [0.15, 0.2) is 18.2 Å². The number of hydrogen-bond acceptors (Lipinski definition) is 2. The van der Waals surface area contributed by atoms with E-state index in [2.05, 4.69) is 32.0 Å². The molecule has 1 aromatic rings.